The van der Waals surface area contributed by atoms with Crippen LogP contribution < -0.4 is 5.32 Å². The Kier molecular flexibility index (Phi) is 7.90. The van der Waals surface area contributed by atoms with Gasteiger partial charge in [0.15, 0.2) is 0 Å². The van der Waals surface area contributed by atoms with Crippen molar-refractivity contribution in [3.63, 3.8) is 0 Å². The fourth-order valence-corrected chi connectivity index (χ4v) is 4.43. The van der Waals surface area contributed by atoms with Crippen LogP contribution in [0.3, 0.4) is 0 Å². The fraction of sp³-hybridized carbons (Fsp3) is 0.308. The summed E-state index contributed by atoms with van der Waals surface area (Å²) in [5.41, 5.74) is 4.63. The van der Waals surface area contributed by atoms with Crippen LogP contribution in [0.2, 0.25) is 0 Å². The van der Waals surface area contributed by atoms with Crippen LogP contribution in [0.5, 0.6) is 0 Å². The van der Waals surface area contributed by atoms with Gasteiger partial charge in [-0.05, 0) is 49.2 Å². The van der Waals surface area contributed by atoms with E-state index in [0.29, 0.717) is 24.6 Å². The van der Waals surface area contributed by atoms with E-state index in [-0.39, 0.29) is 5.91 Å². The number of alkyl halides is 3. The number of aliphatic carboxylic acids is 1. The minimum absolute atomic E-state index is 0.0622. The highest BCUT2D eigenvalue weighted by Gasteiger charge is 2.38. The molecule has 2 N–H and O–H groups in total. The van der Waals surface area contributed by atoms with Crippen LogP contribution in [0.1, 0.15) is 47.8 Å². The maximum Gasteiger partial charge on any atom is 0.490 e. The molecule has 4 aromatic heterocycles. The molecule has 4 heterocycles. The molecule has 1 aliphatic rings. The van der Waals surface area contributed by atoms with Crippen molar-refractivity contribution in [1.82, 2.24) is 24.5 Å². The monoisotopic (exact) mass is 513 g/mol. The number of carbonyl (C=O) groups excluding carboxylic acids is 1. The van der Waals surface area contributed by atoms with Crippen molar-refractivity contribution < 1.29 is 27.9 Å². The number of amides is 1. The second kappa shape index (κ2) is 11.3. The number of hydrogen-bond donors (Lipinski definition) is 2. The van der Waals surface area contributed by atoms with Crippen molar-refractivity contribution in [2.45, 2.75) is 44.3 Å². The third-order valence-corrected chi connectivity index (χ3v) is 6.16. The number of aromatic nitrogens is 4. The third-order valence-electron chi connectivity index (χ3n) is 6.16. The lowest BCUT2D eigenvalue weighted by Crippen LogP contribution is -2.25. The number of nitrogens with one attached hydrogen (secondary N) is 1. The zero-order chi connectivity index (χ0) is 26.4. The molecule has 37 heavy (non-hydrogen) atoms. The first kappa shape index (κ1) is 25.9. The van der Waals surface area contributed by atoms with E-state index in [4.69, 9.17) is 9.90 Å². The summed E-state index contributed by atoms with van der Waals surface area (Å²) in [6, 6.07) is 16.3. The zero-order valence-corrected chi connectivity index (χ0v) is 19.9. The lowest BCUT2D eigenvalue weighted by atomic mass is 10.2. The summed E-state index contributed by atoms with van der Waals surface area (Å²) < 4.78 is 36.0. The van der Waals surface area contributed by atoms with Gasteiger partial charge in [-0.3, -0.25) is 14.5 Å². The predicted molar refractivity (Wildman–Crippen MR) is 130 cm³/mol. The molecule has 1 aliphatic carbocycles. The highest BCUT2D eigenvalue weighted by Crippen LogP contribution is 2.34. The molecule has 5 rings (SSSR count). The third kappa shape index (κ3) is 6.16. The number of nitrogens with zero attached hydrogens (tertiary/aromatic N) is 4. The summed E-state index contributed by atoms with van der Waals surface area (Å²) in [6.45, 7) is 0.551. The first-order valence-electron chi connectivity index (χ1n) is 11.9. The van der Waals surface area contributed by atoms with Gasteiger partial charge in [-0.2, -0.15) is 18.3 Å². The van der Waals surface area contributed by atoms with E-state index in [0.717, 1.165) is 22.6 Å². The summed E-state index contributed by atoms with van der Waals surface area (Å²) in [7, 11) is 0. The molecule has 0 atom stereocenters. The Morgan fingerprint density at radius 2 is 1.76 bits per heavy atom. The predicted octanol–water partition coefficient (Wildman–Crippen LogP) is 4.92. The minimum atomic E-state index is -5.08. The Balaban J connectivity index is 0.000000405. The van der Waals surface area contributed by atoms with Gasteiger partial charge >= 0.3 is 12.1 Å². The van der Waals surface area contributed by atoms with Gasteiger partial charge in [0.25, 0.3) is 5.91 Å². The fourth-order valence-electron chi connectivity index (χ4n) is 4.43. The van der Waals surface area contributed by atoms with Crippen molar-refractivity contribution in [1.29, 1.82) is 0 Å². The minimum Gasteiger partial charge on any atom is -0.475 e. The van der Waals surface area contributed by atoms with Crippen LogP contribution in [0.15, 0.2) is 67.1 Å². The lowest BCUT2D eigenvalue weighted by molar-refractivity contribution is -0.192. The molecule has 8 nitrogen and oxygen atoms in total. The van der Waals surface area contributed by atoms with E-state index in [1.54, 1.807) is 6.20 Å². The van der Waals surface area contributed by atoms with E-state index in [2.05, 4.69) is 30.5 Å². The van der Waals surface area contributed by atoms with Gasteiger partial charge in [0, 0.05) is 37.3 Å². The largest absolute Gasteiger partial charge is 0.490 e. The molecule has 1 saturated carbocycles. The van der Waals surface area contributed by atoms with Crippen LogP contribution in [-0.2, 0) is 11.2 Å². The number of carbonyl (C=O) groups is 2. The maximum absolute atomic E-state index is 13.0. The van der Waals surface area contributed by atoms with Crippen LogP contribution in [0.25, 0.3) is 16.9 Å². The number of halogens is 3. The quantitative estimate of drug-likeness (QED) is 0.381. The summed E-state index contributed by atoms with van der Waals surface area (Å²) >= 11 is 0. The highest BCUT2D eigenvalue weighted by molar-refractivity contribution is 6.02. The SMILES string of the molecule is O=C(NCCc1ccccn1)c1cc(-c2ccnn2C2CCCC2)n2ccccc12.O=C(O)C(F)(F)F. The van der Waals surface area contributed by atoms with E-state index < -0.39 is 12.1 Å². The highest BCUT2D eigenvalue weighted by atomic mass is 19.4. The number of carboxylic acids is 1. The Labute approximate surface area is 210 Å². The number of pyridine rings is 2. The number of carboxylic acid groups (broad SMARTS) is 1. The summed E-state index contributed by atoms with van der Waals surface area (Å²) in [5, 5.41) is 14.8. The van der Waals surface area contributed by atoms with E-state index >= 15 is 0 Å². The molecule has 11 heteroatoms. The van der Waals surface area contributed by atoms with Crippen molar-refractivity contribution in [3.8, 4) is 11.4 Å². The van der Waals surface area contributed by atoms with E-state index in [1.165, 1.54) is 25.7 Å². The molecule has 4 aromatic rings. The molecule has 1 fully saturated rings. The first-order chi connectivity index (χ1) is 17.8. The van der Waals surface area contributed by atoms with Gasteiger partial charge in [0.05, 0.1) is 28.5 Å². The summed E-state index contributed by atoms with van der Waals surface area (Å²) in [6.07, 6.45) is 6.12. The molecule has 0 radical (unpaired) electrons. The van der Waals surface area contributed by atoms with Crippen LogP contribution >= 0.6 is 0 Å². The standard InChI is InChI=1S/C24H25N5O.C2HF3O2/c30-24(26-14-11-18-7-3-5-13-25-18)20-17-23(28-16-6-4-10-21(20)28)22-12-15-27-29(22)19-8-1-2-9-19;3-2(4,5)1(6)7/h3-7,10,12-13,15-17,19H,1-2,8-9,11,14H2,(H,26,30);(H,6,7). The van der Waals surface area contributed by atoms with Crippen molar-refractivity contribution in [2.75, 3.05) is 6.54 Å². The smallest absolute Gasteiger partial charge is 0.475 e. The lowest BCUT2D eigenvalue weighted by Gasteiger charge is -2.14. The van der Waals surface area contributed by atoms with Gasteiger partial charge < -0.3 is 14.8 Å². The Morgan fingerprint density at radius 3 is 2.43 bits per heavy atom. The van der Waals surface area contributed by atoms with E-state index in [9.17, 15) is 18.0 Å². The molecule has 0 spiro atoms. The van der Waals surface area contributed by atoms with Gasteiger partial charge in [-0.15, -0.1) is 0 Å². The van der Waals surface area contributed by atoms with Crippen LogP contribution in [0, 0.1) is 0 Å². The van der Waals surface area contributed by atoms with Gasteiger partial charge in [0.1, 0.15) is 0 Å². The zero-order valence-electron chi connectivity index (χ0n) is 19.9. The number of hydrogen-bond acceptors (Lipinski definition) is 4. The summed E-state index contributed by atoms with van der Waals surface area (Å²) in [5.74, 6) is -2.82. The molecule has 0 saturated heterocycles. The van der Waals surface area contributed by atoms with Gasteiger partial charge in [-0.25, -0.2) is 4.79 Å². The normalized spacial score (nSPS) is 13.8. The van der Waals surface area contributed by atoms with Crippen molar-refractivity contribution in [2.24, 2.45) is 0 Å². The number of fused-ring (bicyclic) bond motifs is 1. The van der Waals surface area contributed by atoms with Gasteiger partial charge in [0.2, 0.25) is 0 Å². The second-order valence-corrected chi connectivity index (χ2v) is 8.63. The molecule has 0 unspecified atom stereocenters. The second-order valence-electron chi connectivity index (χ2n) is 8.63. The summed E-state index contributed by atoms with van der Waals surface area (Å²) in [4.78, 5) is 26.2. The van der Waals surface area contributed by atoms with Crippen molar-refractivity contribution in [3.05, 3.63) is 78.4 Å². The first-order valence-corrected chi connectivity index (χ1v) is 11.9. The van der Waals surface area contributed by atoms with Crippen LogP contribution in [0.4, 0.5) is 13.2 Å². The molecule has 0 aliphatic heterocycles. The molecule has 1 amide bonds. The van der Waals surface area contributed by atoms with Crippen molar-refractivity contribution >= 4 is 17.4 Å². The molecular formula is C26H26F3N5O3. The Hall–Kier alpha value is -4.15. The van der Waals surface area contributed by atoms with Crippen LogP contribution in [-0.4, -0.2) is 48.9 Å². The average molecular weight is 514 g/mol. The molecule has 0 aromatic carbocycles. The topological polar surface area (TPSA) is 102 Å². The molecular weight excluding hydrogens is 487 g/mol. The average Bonchev–Trinajstić information content (AvgIpc) is 3.63. The molecule has 0 bridgehead atoms. The maximum atomic E-state index is 13.0. The number of rotatable bonds is 6. The Morgan fingerprint density at radius 1 is 1.03 bits per heavy atom. The van der Waals surface area contributed by atoms with E-state index in [1.807, 2.05) is 54.9 Å². The van der Waals surface area contributed by atoms with Gasteiger partial charge in [-0.1, -0.05) is 25.0 Å². The Bertz CT molecular complexity index is 1360. The molecule has 194 valence electrons.